The number of rotatable bonds is 3. The highest BCUT2D eigenvalue weighted by molar-refractivity contribution is 5.85. The summed E-state index contributed by atoms with van der Waals surface area (Å²) in [5, 5.41) is 14.3. The molecule has 3 unspecified atom stereocenters. The quantitative estimate of drug-likeness (QED) is 0.782. The van der Waals surface area contributed by atoms with E-state index in [0.717, 1.165) is 38.8 Å². The van der Waals surface area contributed by atoms with Crippen molar-refractivity contribution >= 4 is 35.6 Å². The summed E-state index contributed by atoms with van der Waals surface area (Å²) in [6.45, 7) is 4.16. The Morgan fingerprint density at radius 2 is 1.81 bits per heavy atom. The molecule has 27 heavy (non-hydrogen) atoms. The molecule has 1 aliphatic heterocycles. The van der Waals surface area contributed by atoms with Crippen molar-refractivity contribution in [2.24, 2.45) is 5.73 Å². The fraction of sp³-hybridized carbons (Fsp3) is 0.545. The SMILES string of the molecule is CC(c1ccc2ccccc2c1)C1(O)CCCCC1N1CC[C@@H](N)C1.Cl.Cl. The third kappa shape index (κ3) is 4.28. The molecular weight excluding hydrogens is 379 g/mol. The van der Waals surface area contributed by atoms with E-state index in [-0.39, 0.29) is 42.8 Å². The summed E-state index contributed by atoms with van der Waals surface area (Å²) >= 11 is 0. The van der Waals surface area contributed by atoms with Gasteiger partial charge in [0, 0.05) is 31.1 Å². The highest BCUT2D eigenvalue weighted by Crippen LogP contribution is 2.43. The molecule has 0 radical (unpaired) electrons. The molecule has 0 amide bonds. The molecule has 3 N–H and O–H groups in total. The Balaban J connectivity index is 0.00000131. The van der Waals surface area contributed by atoms with E-state index >= 15 is 0 Å². The van der Waals surface area contributed by atoms with Crippen molar-refractivity contribution in [3.05, 3.63) is 48.0 Å². The maximum atomic E-state index is 11.8. The summed E-state index contributed by atoms with van der Waals surface area (Å²) in [5.74, 6) is 0.124. The zero-order valence-corrected chi connectivity index (χ0v) is 17.6. The number of aliphatic hydroxyl groups is 1. The zero-order chi connectivity index (χ0) is 17.4. The number of benzene rings is 2. The van der Waals surface area contributed by atoms with Gasteiger partial charge in [-0.25, -0.2) is 0 Å². The smallest absolute Gasteiger partial charge is 0.0867 e. The lowest BCUT2D eigenvalue weighted by atomic mass is 9.70. The Morgan fingerprint density at radius 3 is 2.52 bits per heavy atom. The van der Waals surface area contributed by atoms with Gasteiger partial charge < -0.3 is 10.8 Å². The van der Waals surface area contributed by atoms with Crippen molar-refractivity contribution < 1.29 is 5.11 Å². The second-order valence-electron chi connectivity index (χ2n) is 8.12. The third-order valence-corrected chi connectivity index (χ3v) is 6.60. The summed E-state index contributed by atoms with van der Waals surface area (Å²) in [5.41, 5.74) is 6.73. The molecule has 1 aliphatic carbocycles. The molecule has 5 heteroatoms. The Kier molecular flexibility index (Phi) is 7.57. The van der Waals surface area contributed by atoms with Gasteiger partial charge in [0.1, 0.15) is 0 Å². The molecule has 1 heterocycles. The number of likely N-dealkylation sites (tertiary alicyclic amines) is 1. The van der Waals surface area contributed by atoms with Crippen LogP contribution < -0.4 is 5.73 Å². The topological polar surface area (TPSA) is 49.5 Å². The Morgan fingerprint density at radius 1 is 1.07 bits per heavy atom. The normalized spacial score (nSPS) is 29.7. The van der Waals surface area contributed by atoms with Crippen LogP contribution in [0.15, 0.2) is 42.5 Å². The lowest BCUT2D eigenvalue weighted by Crippen LogP contribution is -2.57. The van der Waals surface area contributed by atoms with E-state index in [1.807, 2.05) is 0 Å². The number of hydrogen-bond donors (Lipinski definition) is 2. The van der Waals surface area contributed by atoms with Crippen LogP contribution >= 0.6 is 24.8 Å². The predicted molar refractivity (Wildman–Crippen MR) is 118 cm³/mol. The number of fused-ring (bicyclic) bond motifs is 1. The number of nitrogens with two attached hydrogens (primary N) is 1. The Bertz CT molecular complexity index is 756. The van der Waals surface area contributed by atoms with Crippen LogP contribution in [-0.4, -0.2) is 40.8 Å². The van der Waals surface area contributed by atoms with E-state index in [2.05, 4.69) is 54.3 Å². The summed E-state index contributed by atoms with van der Waals surface area (Å²) in [6.07, 6.45) is 5.35. The maximum Gasteiger partial charge on any atom is 0.0867 e. The summed E-state index contributed by atoms with van der Waals surface area (Å²) in [7, 11) is 0. The van der Waals surface area contributed by atoms with Crippen LogP contribution in [0.4, 0.5) is 0 Å². The van der Waals surface area contributed by atoms with Crippen LogP contribution in [0.1, 0.15) is 50.5 Å². The van der Waals surface area contributed by atoms with Gasteiger partial charge in [-0.3, -0.25) is 4.90 Å². The molecule has 0 spiro atoms. The van der Waals surface area contributed by atoms with Crippen LogP contribution in [0.5, 0.6) is 0 Å². The molecule has 2 aromatic carbocycles. The van der Waals surface area contributed by atoms with Crippen molar-refractivity contribution in [3.63, 3.8) is 0 Å². The molecule has 4 rings (SSSR count). The van der Waals surface area contributed by atoms with Crippen LogP contribution in [-0.2, 0) is 0 Å². The largest absolute Gasteiger partial charge is 0.388 e. The summed E-state index contributed by atoms with van der Waals surface area (Å²) in [6, 6.07) is 15.6. The third-order valence-electron chi connectivity index (χ3n) is 6.60. The number of hydrogen-bond acceptors (Lipinski definition) is 3. The first-order valence-electron chi connectivity index (χ1n) is 9.78. The lowest BCUT2D eigenvalue weighted by molar-refractivity contribution is -0.0838. The summed E-state index contributed by atoms with van der Waals surface area (Å²) < 4.78 is 0. The second-order valence-corrected chi connectivity index (χ2v) is 8.12. The highest BCUT2D eigenvalue weighted by atomic mass is 35.5. The van der Waals surface area contributed by atoms with Crippen LogP contribution in [0.3, 0.4) is 0 Å². The minimum absolute atomic E-state index is 0. The van der Waals surface area contributed by atoms with Crippen molar-refractivity contribution in [2.75, 3.05) is 13.1 Å². The van der Waals surface area contributed by atoms with Crippen molar-refractivity contribution in [1.82, 2.24) is 4.90 Å². The maximum absolute atomic E-state index is 11.8. The van der Waals surface area contributed by atoms with E-state index in [1.165, 1.54) is 22.8 Å². The van der Waals surface area contributed by atoms with Gasteiger partial charge in [0.15, 0.2) is 0 Å². The minimum Gasteiger partial charge on any atom is -0.388 e. The van der Waals surface area contributed by atoms with Crippen molar-refractivity contribution in [1.29, 1.82) is 0 Å². The van der Waals surface area contributed by atoms with Crippen LogP contribution in [0.25, 0.3) is 10.8 Å². The first-order chi connectivity index (χ1) is 12.1. The van der Waals surface area contributed by atoms with Crippen molar-refractivity contribution in [3.8, 4) is 0 Å². The molecule has 4 atom stereocenters. The molecule has 3 nitrogen and oxygen atoms in total. The highest BCUT2D eigenvalue weighted by Gasteiger charge is 2.47. The first-order valence-corrected chi connectivity index (χ1v) is 9.78. The van der Waals surface area contributed by atoms with E-state index in [4.69, 9.17) is 5.73 Å². The van der Waals surface area contributed by atoms with Gasteiger partial charge in [-0.1, -0.05) is 62.2 Å². The lowest BCUT2D eigenvalue weighted by Gasteiger charge is -2.48. The van der Waals surface area contributed by atoms with Crippen LogP contribution in [0, 0.1) is 0 Å². The van der Waals surface area contributed by atoms with Crippen molar-refractivity contribution in [2.45, 2.75) is 62.6 Å². The molecule has 0 bridgehead atoms. The van der Waals surface area contributed by atoms with Gasteiger partial charge in [0.05, 0.1) is 5.60 Å². The van der Waals surface area contributed by atoms with E-state index in [9.17, 15) is 5.11 Å². The van der Waals surface area contributed by atoms with Gasteiger partial charge in [-0.05, 0) is 35.6 Å². The van der Waals surface area contributed by atoms with Gasteiger partial charge in [0.2, 0.25) is 0 Å². The molecule has 1 saturated heterocycles. The second kappa shape index (κ2) is 9.11. The average molecular weight is 411 g/mol. The molecule has 1 saturated carbocycles. The summed E-state index contributed by atoms with van der Waals surface area (Å²) in [4.78, 5) is 2.46. The van der Waals surface area contributed by atoms with Gasteiger partial charge in [0.25, 0.3) is 0 Å². The number of halogens is 2. The monoisotopic (exact) mass is 410 g/mol. The van der Waals surface area contributed by atoms with Gasteiger partial charge in [-0.15, -0.1) is 24.8 Å². The molecule has 0 aromatic heterocycles. The zero-order valence-electron chi connectivity index (χ0n) is 16.0. The van der Waals surface area contributed by atoms with E-state index in [1.54, 1.807) is 0 Å². The minimum atomic E-state index is -0.662. The van der Waals surface area contributed by atoms with Gasteiger partial charge in [-0.2, -0.15) is 0 Å². The van der Waals surface area contributed by atoms with E-state index < -0.39 is 5.60 Å². The molecule has 2 aliphatic rings. The van der Waals surface area contributed by atoms with Gasteiger partial charge >= 0.3 is 0 Å². The molecule has 2 aromatic rings. The molecule has 2 fully saturated rings. The average Bonchev–Trinajstić information content (AvgIpc) is 3.07. The fourth-order valence-corrected chi connectivity index (χ4v) is 5.03. The fourth-order valence-electron chi connectivity index (χ4n) is 5.03. The molecule has 150 valence electrons. The number of nitrogens with zero attached hydrogens (tertiary/aromatic N) is 1. The van der Waals surface area contributed by atoms with Crippen LogP contribution in [0.2, 0.25) is 0 Å². The standard InChI is InChI=1S/C22H30N2O.2ClH/c1-16(18-10-9-17-6-2-3-7-19(17)14-18)22(25)12-5-4-8-21(22)24-13-11-20(23)15-24;;/h2-3,6-7,9-10,14,16,20-21,25H,4-5,8,11-13,15,23H2,1H3;2*1H/t16?,20-,21?,22?;;/m1../s1. The molecular formula is C22H32Cl2N2O. The first kappa shape index (κ1) is 22.4. The Hall–Kier alpha value is -0.840. The predicted octanol–water partition coefficient (Wildman–Crippen LogP) is 4.49. The van der Waals surface area contributed by atoms with E-state index in [0.29, 0.717) is 0 Å². The Labute approximate surface area is 175 Å².